The van der Waals surface area contributed by atoms with Crippen molar-refractivity contribution in [2.24, 2.45) is 7.05 Å². The number of hydrogen-bond acceptors (Lipinski definition) is 6. The minimum Gasteiger partial charge on any atom is -0.497 e. The summed E-state index contributed by atoms with van der Waals surface area (Å²) in [6, 6.07) is 8.95. The van der Waals surface area contributed by atoms with Crippen molar-refractivity contribution in [2.45, 2.75) is 12.7 Å². The zero-order valence-electron chi connectivity index (χ0n) is 17.6. The molecule has 1 aliphatic rings. The van der Waals surface area contributed by atoms with Gasteiger partial charge in [0.15, 0.2) is 5.82 Å². The topological polar surface area (TPSA) is 92.6 Å². The summed E-state index contributed by atoms with van der Waals surface area (Å²) in [4.78, 5) is 36.2. The number of fused-ring (bicyclic) bond motifs is 1. The van der Waals surface area contributed by atoms with E-state index in [1.165, 1.54) is 46.0 Å². The van der Waals surface area contributed by atoms with Crippen LogP contribution in [0, 0.1) is 0 Å². The molecule has 33 heavy (non-hydrogen) atoms. The van der Waals surface area contributed by atoms with Crippen LogP contribution < -0.4 is 25.4 Å². The first-order valence-electron chi connectivity index (χ1n) is 9.75. The highest BCUT2D eigenvalue weighted by Crippen LogP contribution is 2.36. The Balaban J connectivity index is 1.79. The Labute approximate surface area is 186 Å². The van der Waals surface area contributed by atoms with E-state index in [1.54, 1.807) is 31.3 Å². The first-order valence-corrected chi connectivity index (χ1v) is 9.75. The van der Waals surface area contributed by atoms with E-state index in [0.29, 0.717) is 22.7 Å². The maximum atomic E-state index is 13.5. The van der Waals surface area contributed by atoms with Crippen molar-refractivity contribution in [3.63, 3.8) is 0 Å². The molecule has 0 saturated heterocycles. The predicted octanol–water partition coefficient (Wildman–Crippen LogP) is 3.44. The van der Waals surface area contributed by atoms with Crippen LogP contribution in [0.2, 0.25) is 0 Å². The number of carbonyl (C=O) groups excluding carboxylic acids is 1. The SMILES string of the molecule is COc1ccc(N2C(=O)N(c3ccc(=O)n(C)c3)Cc3cnc(NCC(F)(F)F)nc32)cc1. The highest BCUT2D eigenvalue weighted by molar-refractivity contribution is 6.10. The number of aryl methyl sites for hydroxylation is 1. The van der Waals surface area contributed by atoms with E-state index in [9.17, 15) is 22.8 Å². The molecule has 9 nitrogen and oxygen atoms in total. The molecule has 1 aliphatic heterocycles. The van der Waals surface area contributed by atoms with Crippen LogP contribution >= 0.6 is 0 Å². The smallest absolute Gasteiger partial charge is 0.405 e. The summed E-state index contributed by atoms with van der Waals surface area (Å²) < 4.78 is 44.4. The van der Waals surface area contributed by atoms with E-state index in [4.69, 9.17) is 4.74 Å². The monoisotopic (exact) mass is 460 g/mol. The van der Waals surface area contributed by atoms with Gasteiger partial charge in [0.05, 0.1) is 25.0 Å². The molecule has 0 bridgehead atoms. The number of anilines is 4. The molecule has 12 heteroatoms. The fourth-order valence-corrected chi connectivity index (χ4v) is 3.32. The molecule has 0 fully saturated rings. The Hall–Kier alpha value is -4.09. The van der Waals surface area contributed by atoms with Gasteiger partial charge in [-0.1, -0.05) is 0 Å². The average molecular weight is 460 g/mol. The number of methoxy groups -OCH3 is 1. The molecule has 0 aliphatic carbocycles. The fraction of sp³-hybridized carbons (Fsp3) is 0.238. The van der Waals surface area contributed by atoms with Crippen molar-refractivity contribution in [1.82, 2.24) is 14.5 Å². The third-order valence-electron chi connectivity index (χ3n) is 4.96. The number of carbonyl (C=O) groups is 1. The minimum absolute atomic E-state index is 0.0680. The van der Waals surface area contributed by atoms with Crippen molar-refractivity contribution < 1.29 is 22.7 Å². The van der Waals surface area contributed by atoms with Crippen LogP contribution in [0.4, 0.5) is 41.1 Å². The summed E-state index contributed by atoms with van der Waals surface area (Å²) in [6.45, 7) is -1.25. The Morgan fingerprint density at radius 1 is 1.09 bits per heavy atom. The number of pyridine rings is 1. The molecule has 0 radical (unpaired) electrons. The summed E-state index contributed by atoms with van der Waals surface area (Å²) in [5.41, 5.74) is 1.17. The molecule has 172 valence electrons. The number of amides is 2. The van der Waals surface area contributed by atoms with Crippen molar-refractivity contribution >= 4 is 29.2 Å². The number of benzene rings is 1. The van der Waals surface area contributed by atoms with Crippen LogP contribution in [0.1, 0.15) is 5.56 Å². The van der Waals surface area contributed by atoms with Crippen molar-refractivity contribution in [1.29, 1.82) is 0 Å². The number of rotatable bonds is 5. The largest absolute Gasteiger partial charge is 0.497 e. The first kappa shape index (κ1) is 22.1. The Kier molecular flexibility index (Phi) is 5.66. The van der Waals surface area contributed by atoms with Gasteiger partial charge in [-0.2, -0.15) is 18.2 Å². The van der Waals surface area contributed by atoms with Gasteiger partial charge >= 0.3 is 12.2 Å². The molecule has 2 amide bonds. The van der Waals surface area contributed by atoms with Gasteiger partial charge in [-0.25, -0.2) is 14.7 Å². The lowest BCUT2D eigenvalue weighted by Gasteiger charge is -2.36. The second-order valence-electron chi connectivity index (χ2n) is 7.25. The van der Waals surface area contributed by atoms with Gasteiger partial charge in [0.1, 0.15) is 12.3 Å². The molecule has 0 unspecified atom stereocenters. The molecule has 1 aromatic carbocycles. The Morgan fingerprint density at radius 2 is 1.79 bits per heavy atom. The van der Waals surface area contributed by atoms with Crippen molar-refractivity contribution in [3.8, 4) is 5.75 Å². The maximum Gasteiger partial charge on any atom is 0.405 e. The molecule has 3 heterocycles. The lowest BCUT2D eigenvalue weighted by molar-refractivity contribution is -0.115. The number of urea groups is 1. The fourth-order valence-electron chi connectivity index (χ4n) is 3.32. The average Bonchev–Trinajstić information content (AvgIpc) is 2.79. The van der Waals surface area contributed by atoms with Crippen molar-refractivity contribution in [2.75, 3.05) is 28.8 Å². The van der Waals surface area contributed by atoms with Crippen LogP contribution in [0.3, 0.4) is 0 Å². The molecule has 4 rings (SSSR count). The molecule has 2 aromatic heterocycles. The lowest BCUT2D eigenvalue weighted by atomic mass is 10.1. The number of alkyl halides is 3. The molecule has 0 spiro atoms. The summed E-state index contributed by atoms with van der Waals surface area (Å²) in [6.07, 6.45) is -1.55. The highest BCUT2D eigenvalue weighted by atomic mass is 19.4. The molecular formula is C21H19F3N6O3. The normalized spacial score (nSPS) is 13.7. The van der Waals surface area contributed by atoms with Crippen LogP contribution in [-0.4, -0.2) is 40.4 Å². The predicted molar refractivity (Wildman–Crippen MR) is 115 cm³/mol. The van der Waals surface area contributed by atoms with Crippen LogP contribution in [-0.2, 0) is 13.6 Å². The summed E-state index contributed by atoms with van der Waals surface area (Å²) >= 11 is 0. The number of nitrogens with one attached hydrogen (secondary N) is 1. The van der Waals surface area contributed by atoms with Gasteiger partial charge < -0.3 is 14.6 Å². The minimum atomic E-state index is -4.45. The van der Waals surface area contributed by atoms with Gasteiger partial charge in [-0.05, 0) is 30.3 Å². The Bertz CT molecular complexity index is 1240. The van der Waals surface area contributed by atoms with E-state index < -0.39 is 18.8 Å². The number of ether oxygens (including phenoxy) is 1. The quantitative estimate of drug-likeness (QED) is 0.627. The summed E-state index contributed by atoms with van der Waals surface area (Å²) in [5, 5.41) is 2.14. The number of halogens is 3. The van der Waals surface area contributed by atoms with Crippen LogP contribution in [0.25, 0.3) is 0 Å². The Morgan fingerprint density at radius 3 is 2.42 bits per heavy atom. The van der Waals surface area contributed by atoms with Gasteiger partial charge in [-0.15, -0.1) is 0 Å². The number of aromatic nitrogens is 3. The third-order valence-corrected chi connectivity index (χ3v) is 4.96. The standard InChI is InChI=1S/C21H19F3N6O3/c1-28-11-15(5-8-17(28)31)29-10-13-9-25-19(26-12-21(22,23)24)27-18(13)30(20(29)32)14-3-6-16(33-2)7-4-14/h3-9,11H,10,12H2,1-2H3,(H,25,26,27). The van der Waals surface area contributed by atoms with Gasteiger partial charge in [-0.3, -0.25) is 9.69 Å². The number of nitrogens with zero attached hydrogens (tertiary/aromatic N) is 5. The highest BCUT2D eigenvalue weighted by Gasteiger charge is 2.35. The lowest BCUT2D eigenvalue weighted by Crippen LogP contribution is -2.46. The maximum absolute atomic E-state index is 13.5. The van der Waals surface area contributed by atoms with Gasteiger partial charge in [0.25, 0.3) is 0 Å². The summed E-state index contributed by atoms with van der Waals surface area (Å²) in [7, 11) is 3.07. The van der Waals surface area contributed by atoms with Crippen LogP contribution in [0.5, 0.6) is 5.75 Å². The first-order chi connectivity index (χ1) is 15.7. The number of hydrogen-bond donors (Lipinski definition) is 1. The van der Waals surface area contributed by atoms with E-state index in [-0.39, 0.29) is 23.9 Å². The molecule has 1 N–H and O–H groups in total. The third kappa shape index (κ3) is 4.59. The van der Waals surface area contributed by atoms with E-state index in [1.807, 2.05) is 0 Å². The zero-order chi connectivity index (χ0) is 23.8. The summed E-state index contributed by atoms with van der Waals surface area (Å²) in [5.74, 6) is 0.465. The van der Waals surface area contributed by atoms with Gasteiger partial charge in [0.2, 0.25) is 11.5 Å². The van der Waals surface area contributed by atoms with Gasteiger partial charge in [0, 0.05) is 31.1 Å². The molecule has 0 atom stereocenters. The zero-order valence-corrected chi connectivity index (χ0v) is 17.6. The van der Waals surface area contributed by atoms with E-state index >= 15 is 0 Å². The van der Waals surface area contributed by atoms with Crippen LogP contribution in [0.15, 0.2) is 53.6 Å². The second-order valence-corrected chi connectivity index (χ2v) is 7.25. The molecular weight excluding hydrogens is 441 g/mol. The molecule has 0 saturated carbocycles. The van der Waals surface area contributed by atoms with E-state index in [2.05, 4.69) is 15.3 Å². The molecule has 3 aromatic rings. The second kappa shape index (κ2) is 8.45. The van der Waals surface area contributed by atoms with Crippen molar-refractivity contribution in [3.05, 3.63) is 64.7 Å². The van der Waals surface area contributed by atoms with E-state index in [0.717, 1.165) is 0 Å².